The van der Waals surface area contributed by atoms with Gasteiger partial charge in [0.25, 0.3) is 0 Å². The predicted octanol–water partition coefficient (Wildman–Crippen LogP) is 4.00. The first-order valence-electron chi connectivity index (χ1n) is 6.60. The lowest BCUT2D eigenvalue weighted by atomic mass is 10.0. The fourth-order valence-electron chi connectivity index (χ4n) is 1.91. The lowest BCUT2D eigenvalue weighted by Gasteiger charge is -2.20. The highest BCUT2D eigenvalue weighted by molar-refractivity contribution is 9.10. The van der Waals surface area contributed by atoms with Crippen LogP contribution in [0, 0.1) is 0 Å². The van der Waals surface area contributed by atoms with Crippen molar-refractivity contribution in [1.29, 1.82) is 0 Å². The third kappa shape index (κ3) is 5.78. The Morgan fingerprint density at radius 2 is 2.17 bits per heavy atom. The highest BCUT2D eigenvalue weighted by atomic mass is 79.9. The number of pyridine rings is 1. The largest absolute Gasteiger partial charge is 0.481 e. The zero-order valence-electron chi connectivity index (χ0n) is 11.8. The number of thiocarbonyl (C=S) groups is 1. The van der Waals surface area contributed by atoms with E-state index in [9.17, 15) is 4.79 Å². The summed E-state index contributed by atoms with van der Waals surface area (Å²) in [5.74, 6) is -0.377. The number of nitrogens with one attached hydrogen (secondary N) is 2. The summed E-state index contributed by atoms with van der Waals surface area (Å²) in [6.45, 7) is 0. The number of carboxylic acids is 1. The number of aromatic nitrogens is 1. The number of benzene rings is 1. The highest BCUT2D eigenvalue weighted by Gasteiger charge is 2.17. The topological polar surface area (TPSA) is 74.2 Å². The van der Waals surface area contributed by atoms with Crippen molar-refractivity contribution in [3.8, 4) is 0 Å². The molecule has 0 aliphatic rings. The number of halogens is 2. The van der Waals surface area contributed by atoms with Crippen molar-refractivity contribution < 1.29 is 9.90 Å². The van der Waals surface area contributed by atoms with Crippen LogP contribution in [-0.2, 0) is 4.79 Å². The molecule has 0 aliphatic carbocycles. The van der Waals surface area contributed by atoms with Gasteiger partial charge in [-0.3, -0.25) is 4.79 Å². The molecule has 0 amide bonds. The Kier molecular flexibility index (Phi) is 6.32. The van der Waals surface area contributed by atoms with Gasteiger partial charge in [0.15, 0.2) is 5.11 Å². The van der Waals surface area contributed by atoms with E-state index in [4.69, 9.17) is 28.9 Å². The van der Waals surface area contributed by atoms with Crippen molar-refractivity contribution in [3.63, 3.8) is 0 Å². The van der Waals surface area contributed by atoms with E-state index in [-0.39, 0.29) is 11.5 Å². The van der Waals surface area contributed by atoms with E-state index in [1.165, 1.54) is 0 Å². The zero-order chi connectivity index (χ0) is 16.8. The third-order valence-corrected chi connectivity index (χ3v) is 3.83. The number of nitrogens with zero attached hydrogens (tertiary/aromatic N) is 1. The molecule has 2 rings (SSSR count). The van der Waals surface area contributed by atoms with Crippen LogP contribution in [0.5, 0.6) is 0 Å². The lowest BCUT2D eigenvalue weighted by molar-refractivity contribution is -0.137. The van der Waals surface area contributed by atoms with Gasteiger partial charge in [0.1, 0.15) is 5.82 Å². The van der Waals surface area contributed by atoms with E-state index in [1.807, 2.05) is 6.07 Å². The van der Waals surface area contributed by atoms with Gasteiger partial charge in [0.2, 0.25) is 0 Å². The van der Waals surface area contributed by atoms with Crippen molar-refractivity contribution in [3.05, 3.63) is 57.7 Å². The smallest absolute Gasteiger partial charge is 0.305 e. The minimum atomic E-state index is -0.938. The molecule has 0 saturated heterocycles. The molecule has 1 aromatic carbocycles. The monoisotopic (exact) mass is 413 g/mol. The molecule has 5 nitrogen and oxygen atoms in total. The summed E-state index contributed by atoms with van der Waals surface area (Å²) >= 11 is 14.5. The van der Waals surface area contributed by atoms with Gasteiger partial charge in [-0.2, -0.15) is 0 Å². The Balaban J connectivity index is 2.09. The summed E-state index contributed by atoms with van der Waals surface area (Å²) < 4.78 is 0.851. The maximum Gasteiger partial charge on any atom is 0.305 e. The summed E-state index contributed by atoms with van der Waals surface area (Å²) in [5, 5.41) is 15.8. The summed E-state index contributed by atoms with van der Waals surface area (Å²) in [7, 11) is 0. The Bertz CT molecular complexity index is 712. The van der Waals surface area contributed by atoms with Gasteiger partial charge in [0, 0.05) is 15.7 Å². The second-order valence-electron chi connectivity index (χ2n) is 4.67. The Morgan fingerprint density at radius 1 is 1.39 bits per heavy atom. The second-order valence-corrected chi connectivity index (χ2v) is 6.43. The fraction of sp³-hybridized carbons (Fsp3) is 0.133. The van der Waals surface area contributed by atoms with E-state index in [0.717, 1.165) is 10.0 Å². The van der Waals surface area contributed by atoms with Crippen molar-refractivity contribution >= 4 is 56.6 Å². The van der Waals surface area contributed by atoms with Crippen molar-refractivity contribution in [1.82, 2.24) is 10.3 Å². The van der Waals surface area contributed by atoms with E-state index >= 15 is 0 Å². The van der Waals surface area contributed by atoms with E-state index in [0.29, 0.717) is 10.8 Å². The summed E-state index contributed by atoms with van der Waals surface area (Å²) in [5.41, 5.74) is 0.743. The first-order valence-corrected chi connectivity index (χ1v) is 8.18. The zero-order valence-corrected chi connectivity index (χ0v) is 15.0. The first kappa shape index (κ1) is 17.7. The fourth-order valence-corrected chi connectivity index (χ4v) is 2.59. The van der Waals surface area contributed by atoms with E-state index in [1.54, 1.807) is 36.5 Å². The summed E-state index contributed by atoms with van der Waals surface area (Å²) in [4.78, 5) is 15.2. The summed E-state index contributed by atoms with van der Waals surface area (Å²) in [6, 6.07) is 10.1. The van der Waals surface area contributed by atoms with Crippen molar-refractivity contribution in [2.45, 2.75) is 12.5 Å². The number of carbonyl (C=O) groups is 1. The molecule has 1 heterocycles. The van der Waals surface area contributed by atoms with Crippen LogP contribution in [0.2, 0.25) is 5.02 Å². The molecule has 3 N–H and O–H groups in total. The van der Waals surface area contributed by atoms with Gasteiger partial charge in [0.05, 0.1) is 12.5 Å². The Labute approximate surface area is 152 Å². The molecule has 0 bridgehead atoms. The van der Waals surface area contributed by atoms with Crippen LogP contribution in [0.15, 0.2) is 47.1 Å². The van der Waals surface area contributed by atoms with Crippen LogP contribution in [0.25, 0.3) is 0 Å². The molecule has 0 spiro atoms. The minimum absolute atomic E-state index is 0.129. The molecule has 8 heteroatoms. The molecule has 2 aromatic rings. The van der Waals surface area contributed by atoms with E-state index < -0.39 is 12.0 Å². The molecule has 0 unspecified atom stereocenters. The lowest BCUT2D eigenvalue weighted by Crippen LogP contribution is -2.33. The average molecular weight is 415 g/mol. The number of anilines is 1. The quantitative estimate of drug-likeness (QED) is 0.642. The number of carboxylic acid groups (broad SMARTS) is 1. The van der Waals surface area contributed by atoms with Crippen LogP contribution in [0.1, 0.15) is 18.0 Å². The Hall–Kier alpha value is -1.70. The molecule has 23 heavy (non-hydrogen) atoms. The van der Waals surface area contributed by atoms with Gasteiger partial charge in [-0.1, -0.05) is 23.7 Å². The SMILES string of the molecule is O=C(O)C[C@@H](NC(=S)Nc1ccc(Br)cn1)c1cccc(Cl)c1. The summed E-state index contributed by atoms with van der Waals surface area (Å²) in [6.07, 6.45) is 1.51. The van der Waals surface area contributed by atoms with Crippen LogP contribution in [-0.4, -0.2) is 21.2 Å². The van der Waals surface area contributed by atoms with Crippen molar-refractivity contribution in [2.75, 3.05) is 5.32 Å². The Morgan fingerprint density at radius 3 is 2.78 bits per heavy atom. The molecule has 0 fully saturated rings. The number of rotatable bonds is 5. The molecule has 0 aliphatic heterocycles. The molecule has 1 aromatic heterocycles. The normalized spacial score (nSPS) is 11.6. The average Bonchev–Trinajstić information content (AvgIpc) is 2.48. The van der Waals surface area contributed by atoms with E-state index in [2.05, 4.69) is 31.5 Å². The van der Waals surface area contributed by atoms with Gasteiger partial charge >= 0.3 is 5.97 Å². The standard InChI is InChI=1S/C15H13BrClN3O2S/c16-10-4-5-13(18-8-10)20-15(23)19-12(7-14(21)22)9-2-1-3-11(17)6-9/h1-6,8,12H,7H2,(H,21,22)(H2,18,19,20,23)/t12-/m1/s1. The van der Waals surface area contributed by atoms with Crippen LogP contribution in [0.3, 0.4) is 0 Å². The van der Waals surface area contributed by atoms with Crippen LogP contribution < -0.4 is 10.6 Å². The molecular weight excluding hydrogens is 402 g/mol. The molecule has 0 saturated carbocycles. The number of aliphatic carboxylic acids is 1. The van der Waals surface area contributed by atoms with Gasteiger partial charge in [-0.25, -0.2) is 4.98 Å². The predicted molar refractivity (Wildman–Crippen MR) is 97.7 cm³/mol. The maximum absolute atomic E-state index is 11.1. The number of hydrogen-bond donors (Lipinski definition) is 3. The molecule has 120 valence electrons. The molecular formula is C15H13BrClN3O2S. The van der Waals surface area contributed by atoms with Crippen molar-refractivity contribution in [2.24, 2.45) is 0 Å². The second kappa shape index (κ2) is 8.24. The molecule has 1 atom stereocenters. The van der Waals surface area contributed by atoms with Gasteiger partial charge in [-0.15, -0.1) is 0 Å². The van der Waals surface area contributed by atoms with Gasteiger partial charge in [-0.05, 0) is 58.0 Å². The number of hydrogen-bond acceptors (Lipinski definition) is 3. The maximum atomic E-state index is 11.1. The van der Waals surface area contributed by atoms with Gasteiger partial charge < -0.3 is 15.7 Å². The van der Waals surface area contributed by atoms with Crippen LogP contribution in [0.4, 0.5) is 5.82 Å². The minimum Gasteiger partial charge on any atom is -0.481 e. The van der Waals surface area contributed by atoms with Crippen LogP contribution >= 0.6 is 39.7 Å². The molecule has 0 radical (unpaired) electrons. The first-order chi connectivity index (χ1) is 10.9. The third-order valence-electron chi connectivity index (χ3n) is 2.90. The highest BCUT2D eigenvalue weighted by Crippen LogP contribution is 2.21.